The van der Waals surface area contributed by atoms with Crippen molar-refractivity contribution in [2.75, 3.05) is 44.6 Å². The third-order valence-corrected chi connectivity index (χ3v) is 15.4. The van der Waals surface area contributed by atoms with Gasteiger partial charge in [-0.15, -0.1) is 0 Å². The second kappa shape index (κ2) is 42.4. The zero-order valence-corrected chi connectivity index (χ0v) is 54.6. The van der Waals surface area contributed by atoms with Crippen LogP contribution in [0.1, 0.15) is 142 Å². The molecule has 1 aliphatic rings. The van der Waals surface area contributed by atoms with Crippen molar-refractivity contribution < 1.29 is 63.0 Å². The quantitative estimate of drug-likeness (QED) is 0.0337. The van der Waals surface area contributed by atoms with Crippen molar-refractivity contribution in [2.45, 2.75) is 210 Å². The molecule has 24 N–H and O–H groups in total. The highest BCUT2D eigenvalue weighted by atomic mass is 16.3. The molecule has 2 aromatic rings. The van der Waals surface area contributed by atoms with Crippen molar-refractivity contribution in [1.82, 2.24) is 58.5 Å². The molecule has 0 unspecified atom stereocenters. The molecule has 93 heavy (non-hydrogen) atoms. The minimum atomic E-state index is -2.71. The molecule has 11 atom stereocenters. The lowest BCUT2D eigenvalue weighted by Gasteiger charge is -2.29. The Labute approximate surface area is 545 Å². The number of carbonyl (C=O) groups is 11. The van der Waals surface area contributed by atoms with E-state index >= 15 is 0 Å². The molecule has 0 spiro atoms. The lowest BCUT2D eigenvalue weighted by atomic mass is 10.00. The maximum absolute atomic E-state index is 14.6. The SMILES string of the molecule is CCCCCCCCCCc1ccc(NC(=O)N[C@@H](CCN)C(=O)N[C@H](C(=O)N[C@@H](CCN)C(=O)N[C@H]2CCNC(=O)[C@](C)(O)NC(=O)[C@H](CCN)NC(=O)[C@H](CCN)NC(=O)[C@H](CC(C)C)NC(=O)[C@@H](Cc3ccccc3)NC(=O)[C@H](CCN)NC2=O)[C@@H](C)O)cc1. The van der Waals surface area contributed by atoms with E-state index in [2.05, 4.69) is 70.7 Å². The van der Waals surface area contributed by atoms with Crippen LogP contribution < -0.4 is 92.5 Å². The lowest BCUT2D eigenvalue weighted by molar-refractivity contribution is -0.148. The van der Waals surface area contributed by atoms with Gasteiger partial charge < -0.3 is 103 Å². The maximum atomic E-state index is 14.6. The van der Waals surface area contributed by atoms with Gasteiger partial charge in [0.05, 0.1) is 6.10 Å². The molecule has 12 amide bonds. The summed E-state index contributed by atoms with van der Waals surface area (Å²) in [7, 11) is 0. The van der Waals surface area contributed by atoms with Crippen LogP contribution in [0.2, 0.25) is 0 Å². The maximum Gasteiger partial charge on any atom is 0.319 e. The average molecular weight is 1310 g/mol. The summed E-state index contributed by atoms with van der Waals surface area (Å²) >= 11 is 0. The van der Waals surface area contributed by atoms with Crippen LogP contribution in [0, 0.1) is 5.92 Å². The summed E-state index contributed by atoms with van der Waals surface area (Å²) in [6, 6.07) is 1.59. The van der Waals surface area contributed by atoms with E-state index in [4.69, 9.17) is 28.7 Å². The molecule has 1 fully saturated rings. The van der Waals surface area contributed by atoms with Gasteiger partial charge in [0.1, 0.15) is 54.4 Å². The molecule has 30 nitrogen and oxygen atoms in total. The van der Waals surface area contributed by atoms with E-state index in [0.717, 1.165) is 31.7 Å². The molecule has 520 valence electrons. The standard InChI is InChI=1S/C63H105N17O13/c1-6-7-8-9-10-11-12-14-17-40-20-22-42(23-21-40)70-62(92)78-46(27-33-67)56(86)79-51(39(4)81)60(90)75-45(26-32-66)53(83)74-48-29-35-69-61(91)63(5,93)80-59(89)47(28-34-68)73-52(82)43(24-30-64)72-57(87)49(36-38(2)3)76-58(88)50(37-41-18-15-13-16-19-41)77-54(84)44(25-31-65)71-55(48)85/h13,15-16,18-23,38-39,43-51,81,93H,6-12,14,17,24-37,64-68H2,1-5H3,(H,69,91)(H,71,85)(H,72,87)(H,73,82)(H,74,83)(H,75,90)(H,76,88)(H,77,84)(H,79,86)(H,80,89)(H2,70,78,92)/t39-,43+,44+,45+,46+,47+,48+,49+,50-,51+,63+/m1/s1. The molecule has 0 saturated carbocycles. The van der Waals surface area contributed by atoms with Crippen LogP contribution in [0.3, 0.4) is 0 Å². The van der Waals surface area contributed by atoms with E-state index in [9.17, 15) is 63.0 Å². The summed E-state index contributed by atoms with van der Waals surface area (Å²) in [4.78, 5) is 154. The van der Waals surface area contributed by atoms with Crippen LogP contribution in [-0.2, 0) is 60.8 Å². The summed E-state index contributed by atoms with van der Waals surface area (Å²) in [5.41, 5.74) is 28.8. The Kier molecular flexibility index (Phi) is 36.2. The number of urea groups is 1. The third kappa shape index (κ3) is 28.9. The molecular formula is C63H105N17O13. The van der Waals surface area contributed by atoms with Crippen LogP contribution >= 0.6 is 0 Å². The molecule has 3 rings (SSSR count). The fourth-order valence-electron chi connectivity index (χ4n) is 10.2. The number of aliphatic hydroxyl groups excluding tert-OH is 1. The van der Waals surface area contributed by atoms with E-state index < -0.39 is 144 Å². The molecule has 0 radical (unpaired) electrons. The first kappa shape index (κ1) is 79.4. The first-order valence-electron chi connectivity index (χ1n) is 32.5. The second-order valence-corrected chi connectivity index (χ2v) is 24.0. The van der Waals surface area contributed by atoms with Crippen molar-refractivity contribution in [1.29, 1.82) is 0 Å². The Bertz CT molecular complexity index is 2710. The number of aryl methyl sites for hydroxylation is 1. The van der Waals surface area contributed by atoms with Crippen molar-refractivity contribution in [3.8, 4) is 0 Å². The second-order valence-electron chi connectivity index (χ2n) is 24.0. The molecule has 2 aromatic carbocycles. The summed E-state index contributed by atoms with van der Waals surface area (Å²) in [6.45, 7) is 6.49. The molecule has 30 heteroatoms. The van der Waals surface area contributed by atoms with Gasteiger partial charge in [-0.05, 0) is 134 Å². The Morgan fingerprint density at radius 3 is 1.60 bits per heavy atom. The molecule has 1 heterocycles. The zero-order chi connectivity index (χ0) is 69.0. The number of hydrogen-bond donors (Lipinski definition) is 19. The van der Waals surface area contributed by atoms with Crippen LogP contribution in [0.5, 0.6) is 0 Å². The van der Waals surface area contributed by atoms with E-state index in [0.29, 0.717) is 11.3 Å². The molecule has 0 aromatic heterocycles. The van der Waals surface area contributed by atoms with Crippen LogP contribution in [0.15, 0.2) is 54.6 Å². The largest absolute Gasteiger partial charge is 0.391 e. The van der Waals surface area contributed by atoms with E-state index in [-0.39, 0.29) is 83.6 Å². The summed E-state index contributed by atoms with van der Waals surface area (Å²) in [6.07, 6.45) is 7.20. The first-order chi connectivity index (χ1) is 44.3. The highest BCUT2D eigenvalue weighted by Gasteiger charge is 2.39. The normalized spacial score (nSPS) is 22.0. The topological polar surface area (TPSA) is 503 Å². The van der Waals surface area contributed by atoms with Gasteiger partial charge >= 0.3 is 6.03 Å². The predicted molar refractivity (Wildman–Crippen MR) is 350 cm³/mol. The van der Waals surface area contributed by atoms with Crippen LogP contribution in [0.4, 0.5) is 10.5 Å². The van der Waals surface area contributed by atoms with E-state index in [1.807, 2.05) is 12.1 Å². The fourth-order valence-corrected chi connectivity index (χ4v) is 10.2. The number of carbonyl (C=O) groups excluding carboxylic acids is 11. The zero-order valence-electron chi connectivity index (χ0n) is 54.6. The average Bonchev–Trinajstić information content (AvgIpc) is 1.26. The van der Waals surface area contributed by atoms with Gasteiger partial charge in [-0.1, -0.05) is 108 Å². The number of anilines is 1. The van der Waals surface area contributed by atoms with Gasteiger partial charge in [0, 0.05) is 18.7 Å². The highest BCUT2D eigenvalue weighted by molar-refractivity contribution is 6.00. The number of benzene rings is 2. The molecular weight excluding hydrogens is 1200 g/mol. The number of nitrogens with two attached hydrogens (primary N) is 5. The Morgan fingerprint density at radius 1 is 0.570 bits per heavy atom. The number of rotatable bonds is 32. The summed E-state index contributed by atoms with van der Waals surface area (Å²) in [5, 5.41) is 52.4. The number of hydrogen-bond acceptors (Lipinski definition) is 18. The lowest BCUT2D eigenvalue weighted by Crippen LogP contribution is -2.63. The minimum Gasteiger partial charge on any atom is -0.391 e. The van der Waals surface area contributed by atoms with Crippen molar-refractivity contribution in [2.24, 2.45) is 34.6 Å². The minimum absolute atomic E-state index is 0.0347. The summed E-state index contributed by atoms with van der Waals surface area (Å²) in [5.74, 6) is -10.1. The smallest absolute Gasteiger partial charge is 0.319 e. The highest BCUT2D eigenvalue weighted by Crippen LogP contribution is 2.16. The van der Waals surface area contributed by atoms with Gasteiger partial charge in [-0.2, -0.15) is 0 Å². The Hall–Kier alpha value is -7.87. The van der Waals surface area contributed by atoms with E-state index in [1.54, 1.807) is 56.3 Å². The molecule has 1 aliphatic heterocycles. The Balaban J connectivity index is 1.96. The third-order valence-electron chi connectivity index (χ3n) is 15.4. The predicted octanol–water partition coefficient (Wildman–Crippen LogP) is -2.50. The van der Waals surface area contributed by atoms with Crippen LogP contribution in [-0.4, -0.2) is 181 Å². The first-order valence-corrected chi connectivity index (χ1v) is 32.5. The number of amides is 12. The van der Waals surface area contributed by atoms with Crippen LogP contribution in [0.25, 0.3) is 0 Å². The summed E-state index contributed by atoms with van der Waals surface area (Å²) < 4.78 is 0. The van der Waals surface area contributed by atoms with Gasteiger partial charge in [0.2, 0.25) is 58.9 Å². The molecule has 0 bridgehead atoms. The van der Waals surface area contributed by atoms with Gasteiger partial charge in [0.25, 0.3) is 5.91 Å². The molecule has 0 aliphatic carbocycles. The monoisotopic (exact) mass is 1310 g/mol. The van der Waals surface area contributed by atoms with Crippen molar-refractivity contribution in [3.05, 3.63) is 65.7 Å². The Morgan fingerprint density at radius 2 is 1.06 bits per heavy atom. The number of unbranched alkanes of at least 4 members (excludes halogenated alkanes) is 7. The fraction of sp³-hybridized carbons (Fsp3) is 0.635. The van der Waals surface area contributed by atoms with E-state index in [1.165, 1.54) is 45.4 Å². The van der Waals surface area contributed by atoms with Gasteiger partial charge in [-0.3, -0.25) is 47.9 Å². The van der Waals surface area contributed by atoms with Gasteiger partial charge in [0.15, 0.2) is 0 Å². The van der Waals surface area contributed by atoms with Gasteiger partial charge in [-0.25, -0.2) is 4.79 Å². The number of aliphatic hydroxyl groups is 2. The van der Waals surface area contributed by atoms with Crippen molar-refractivity contribution in [3.63, 3.8) is 0 Å². The molecule has 1 saturated heterocycles. The van der Waals surface area contributed by atoms with Crippen molar-refractivity contribution >= 4 is 70.8 Å². The number of nitrogens with one attached hydrogen (secondary N) is 12.